The number of nitrogens with zero attached hydrogens (tertiary/aromatic N) is 1. The van der Waals surface area contributed by atoms with Gasteiger partial charge in [-0.15, -0.1) is 0 Å². The molecule has 0 aliphatic heterocycles. The fraction of sp³-hybridized carbons (Fsp3) is 0.0714. The molecule has 92 valence electrons. The van der Waals surface area contributed by atoms with Crippen LogP contribution in [0.25, 0.3) is 12.2 Å². The van der Waals surface area contributed by atoms with E-state index < -0.39 is 11.6 Å². The molecule has 18 heavy (non-hydrogen) atoms. The van der Waals surface area contributed by atoms with Crippen LogP contribution in [0.4, 0.5) is 14.6 Å². The molecule has 0 bridgehead atoms. The Morgan fingerprint density at radius 3 is 2.33 bits per heavy atom. The Balaban J connectivity index is 2.24. The molecule has 0 saturated carbocycles. The van der Waals surface area contributed by atoms with E-state index in [0.717, 1.165) is 11.4 Å². The predicted octanol–water partition coefficient (Wildman–Crippen LogP) is 3.57. The third kappa shape index (κ3) is 2.71. The number of halogens is 2. The maximum Gasteiger partial charge on any atom is 0.133 e. The minimum Gasteiger partial charge on any atom is -0.373 e. The molecule has 0 aliphatic rings. The third-order valence-electron chi connectivity index (χ3n) is 2.48. The van der Waals surface area contributed by atoms with Gasteiger partial charge in [-0.1, -0.05) is 12.1 Å². The topological polar surface area (TPSA) is 24.9 Å². The molecular formula is C14H12F2N2. The fourth-order valence-electron chi connectivity index (χ4n) is 1.50. The number of nitrogens with one attached hydrogen (secondary N) is 1. The summed E-state index contributed by atoms with van der Waals surface area (Å²) < 4.78 is 26.7. The summed E-state index contributed by atoms with van der Waals surface area (Å²) >= 11 is 0. The highest BCUT2D eigenvalue weighted by atomic mass is 19.1. The fourth-order valence-corrected chi connectivity index (χ4v) is 1.50. The van der Waals surface area contributed by atoms with Crippen LogP contribution in [0.1, 0.15) is 11.1 Å². The molecular weight excluding hydrogens is 234 g/mol. The minimum absolute atomic E-state index is 0.0461. The molecule has 0 spiro atoms. The number of hydrogen-bond acceptors (Lipinski definition) is 2. The standard InChI is InChI=1S/C14H12F2N2/c1-17-14-8-6-10(9-18-14)5-7-11-12(15)3-2-4-13(11)16/h2-9H,1H3,(H,17,18)/b7-5+. The summed E-state index contributed by atoms with van der Waals surface area (Å²) in [5, 5.41) is 2.89. The lowest BCUT2D eigenvalue weighted by molar-refractivity contribution is 0.579. The molecule has 0 fully saturated rings. The first kappa shape index (κ1) is 12.2. The van der Waals surface area contributed by atoms with Crippen molar-refractivity contribution < 1.29 is 8.78 Å². The number of anilines is 1. The summed E-state index contributed by atoms with van der Waals surface area (Å²) in [6, 6.07) is 7.40. The number of hydrogen-bond donors (Lipinski definition) is 1. The van der Waals surface area contributed by atoms with Gasteiger partial charge in [0.25, 0.3) is 0 Å². The van der Waals surface area contributed by atoms with E-state index in [-0.39, 0.29) is 5.56 Å². The van der Waals surface area contributed by atoms with Crippen LogP contribution in [0.3, 0.4) is 0 Å². The van der Waals surface area contributed by atoms with Crippen molar-refractivity contribution in [3.63, 3.8) is 0 Å². The predicted molar refractivity (Wildman–Crippen MR) is 69.1 cm³/mol. The Morgan fingerprint density at radius 2 is 1.78 bits per heavy atom. The number of benzene rings is 1. The van der Waals surface area contributed by atoms with E-state index in [1.165, 1.54) is 24.3 Å². The third-order valence-corrected chi connectivity index (χ3v) is 2.48. The summed E-state index contributed by atoms with van der Waals surface area (Å²) in [5.74, 6) is -0.415. The molecule has 1 N–H and O–H groups in total. The lowest BCUT2D eigenvalue weighted by Crippen LogP contribution is -1.91. The van der Waals surface area contributed by atoms with Crippen LogP contribution in [-0.4, -0.2) is 12.0 Å². The van der Waals surface area contributed by atoms with Crippen LogP contribution in [0.5, 0.6) is 0 Å². The summed E-state index contributed by atoms with van der Waals surface area (Å²) in [5.41, 5.74) is 0.729. The van der Waals surface area contributed by atoms with Gasteiger partial charge < -0.3 is 5.32 Å². The van der Waals surface area contributed by atoms with E-state index >= 15 is 0 Å². The highest BCUT2D eigenvalue weighted by molar-refractivity contribution is 5.70. The Bertz CT molecular complexity index is 542. The largest absolute Gasteiger partial charge is 0.373 e. The number of rotatable bonds is 3. The van der Waals surface area contributed by atoms with Crippen LogP contribution < -0.4 is 5.32 Å². The van der Waals surface area contributed by atoms with Crippen LogP contribution in [0.2, 0.25) is 0 Å². The minimum atomic E-state index is -0.578. The van der Waals surface area contributed by atoms with E-state index in [4.69, 9.17) is 0 Å². The molecule has 4 heteroatoms. The van der Waals surface area contributed by atoms with Crippen molar-refractivity contribution in [2.45, 2.75) is 0 Å². The zero-order valence-corrected chi connectivity index (χ0v) is 9.82. The van der Waals surface area contributed by atoms with Crippen molar-refractivity contribution in [2.24, 2.45) is 0 Å². The molecule has 0 radical (unpaired) electrons. The molecule has 0 unspecified atom stereocenters. The summed E-state index contributed by atoms with van der Waals surface area (Å²) in [7, 11) is 1.77. The van der Waals surface area contributed by atoms with Gasteiger partial charge in [-0.2, -0.15) is 0 Å². The van der Waals surface area contributed by atoms with Crippen molar-refractivity contribution in [3.8, 4) is 0 Å². The maximum atomic E-state index is 13.4. The Kier molecular flexibility index (Phi) is 3.67. The van der Waals surface area contributed by atoms with E-state index in [2.05, 4.69) is 10.3 Å². The normalized spacial score (nSPS) is 10.8. The lowest BCUT2D eigenvalue weighted by Gasteiger charge is -2.00. The van der Waals surface area contributed by atoms with E-state index in [0.29, 0.717) is 0 Å². The van der Waals surface area contributed by atoms with Crippen molar-refractivity contribution in [2.75, 3.05) is 12.4 Å². The van der Waals surface area contributed by atoms with Gasteiger partial charge in [0.05, 0.1) is 0 Å². The Morgan fingerprint density at radius 1 is 1.06 bits per heavy atom. The second kappa shape index (κ2) is 5.40. The molecule has 0 aliphatic carbocycles. The molecule has 2 rings (SSSR count). The van der Waals surface area contributed by atoms with Gasteiger partial charge >= 0.3 is 0 Å². The van der Waals surface area contributed by atoms with E-state index in [9.17, 15) is 8.78 Å². The second-order valence-corrected chi connectivity index (χ2v) is 3.70. The Hall–Kier alpha value is -2.23. The van der Waals surface area contributed by atoms with Gasteiger partial charge in [0, 0.05) is 18.8 Å². The zero-order chi connectivity index (χ0) is 13.0. The lowest BCUT2D eigenvalue weighted by atomic mass is 10.1. The first-order valence-electron chi connectivity index (χ1n) is 5.46. The van der Waals surface area contributed by atoms with Crippen LogP contribution in [0, 0.1) is 11.6 Å². The van der Waals surface area contributed by atoms with Gasteiger partial charge in [-0.05, 0) is 35.9 Å². The first-order chi connectivity index (χ1) is 8.70. The molecule has 2 nitrogen and oxygen atoms in total. The average Bonchev–Trinajstić information content (AvgIpc) is 2.39. The smallest absolute Gasteiger partial charge is 0.133 e. The van der Waals surface area contributed by atoms with Gasteiger partial charge in [0.15, 0.2) is 0 Å². The van der Waals surface area contributed by atoms with Crippen LogP contribution in [-0.2, 0) is 0 Å². The van der Waals surface area contributed by atoms with Crippen LogP contribution in [0.15, 0.2) is 36.5 Å². The zero-order valence-electron chi connectivity index (χ0n) is 9.82. The highest BCUT2D eigenvalue weighted by Crippen LogP contribution is 2.16. The molecule has 2 aromatic rings. The van der Waals surface area contributed by atoms with E-state index in [1.54, 1.807) is 25.4 Å². The summed E-state index contributed by atoms with van der Waals surface area (Å²) in [6.07, 6.45) is 4.65. The quantitative estimate of drug-likeness (QED) is 0.895. The van der Waals surface area contributed by atoms with Crippen molar-refractivity contribution in [1.29, 1.82) is 0 Å². The Labute approximate surface area is 104 Å². The maximum absolute atomic E-state index is 13.4. The summed E-state index contributed by atoms with van der Waals surface area (Å²) in [4.78, 5) is 4.10. The van der Waals surface area contributed by atoms with E-state index in [1.807, 2.05) is 6.07 Å². The van der Waals surface area contributed by atoms with Gasteiger partial charge in [0.2, 0.25) is 0 Å². The van der Waals surface area contributed by atoms with Gasteiger partial charge in [-0.25, -0.2) is 13.8 Å². The van der Waals surface area contributed by atoms with Crippen molar-refractivity contribution >= 4 is 18.0 Å². The average molecular weight is 246 g/mol. The van der Waals surface area contributed by atoms with Crippen molar-refractivity contribution in [3.05, 3.63) is 59.3 Å². The van der Waals surface area contributed by atoms with Gasteiger partial charge in [0.1, 0.15) is 17.5 Å². The first-order valence-corrected chi connectivity index (χ1v) is 5.46. The number of pyridine rings is 1. The number of aromatic nitrogens is 1. The molecule has 0 amide bonds. The van der Waals surface area contributed by atoms with Crippen molar-refractivity contribution in [1.82, 2.24) is 4.98 Å². The monoisotopic (exact) mass is 246 g/mol. The SMILES string of the molecule is CNc1ccc(/C=C/c2c(F)cccc2F)cn1. The summed E-state index contributed by atoms with van der Waals surface area (Å²) in [6.45, 7) is 0. The molecule has 1 aromatic carbocycles. The molecule has 1 heterocycles. The molecule has 1 aromatic heterocycles. The van der Waals surface area contributed by atoms with Crippen LogP contribution >= 0.6 is 0 Å². The molecule has 0 saturated heterocycles. The highest BCUT2D eigenvalue weighted by Gasteiger charge is 2.03. The second-order valence-electron chi connectivity index (χ2n) is 3.70. The molecule has 0 atom stereocenters. The van der Waals surface area contributed by atoms with Gasteiger partial charge in [-0.3, -0.25) is 0 Å².